The Balaban J connectivity index is 1.38. The first-order valence-electron chi connectivity index (χ1n) is 9.32. The minimum absolute atomic E-state index is 0.0343. The standard InChI is InChI=1S/C21H23N3O2/c25-20(16-7-8-16)23-18-5-3-4-17(14-18)21(26)24-12-9-15(10-13-24)19-6-1-2-11-22-19/h1-6,11,14-16H,7-10,12-13H2,(H,23,25). The van der Waals surface area contributed by atoms with Crippen molar-refractivity contribution in [1.29, 1.82) is 0 Å². The van der Waals surface area contributed by atoms with Crippen molar-refractivity contribution in [3.05, 3.63) is 59.9 Å². The monoisotopic (exact) mass is 349 g/mol. The molecule has 0 spiro atoms. The van der Waals surface area contributed by atoms with E-state index < -0.39 is 0 Å². The van der Waals surface area contributed by atoms with Crippen LogP contribution < -0.4 is 5.32 Å². The van der Waals surface area contributed by atoms with E-state index in [9.17, 15) is 9.59 Å². The Morgan fingerprint density at radius 2 is 1.81 bits per heavy atom. The van der Waals surface area contributed by atoms with Crippen LogP contribution in [0.2, 0.25) is 0 Å². The molecule has 1 aromatic heterocycles. The van der Waals surface area contributed by atoms with E-state index in [0.717, 1.165) is 44.5 Å². The second-order valence-electron chi connectivity index (χ2n) is 7.17. The fourth-order valence-corrected chi connectivity index (χ4v) is 3.50. The summed E-state index contributed by atoms with van der Waals surface area (Å²) in [7, 11) is 0. The molecule has 134 valence electrons. The van der Waals surface area contributed by atoms with E-state index in [-0.39, 0.29) is 17.7 Å². The summed E-state index contributed by atoms with van der Waals surface area (Å²) in [5, 5.41) is 2.91. The highest BCUT2D eigenvalue weighted by molar-refractivity contribution is 5.98. The number of carbonyl (C=O) groups excluding carboxylic acids is 2. The molecule has 2 amide bonds. The van der Waals surface area contributed by atoms with Gasteiger partial charge in [0.2, 0.25) is 5.91 Å². The predicted molar refractivity (Wildman–Crippen MR) is 99.9 cm³/mol. The van der Waals surface area contributed by atoms with Crippen molar-refractivity contribution in [3.63, 3.8) is 0 Å². The van der Waals surface area contributed by atoms with E-state index in [2.05, 4.69) is 16.4 Å². The zero-order chi connectivity index (χ0) is 17.9. The summed E-state index contributed by atoms with van der Waals surface area (Å²) in [5.74, 6) is 0.669. The lowest BCUT2D eigenvalue weighted by Gasteiger charge is -2.32. The number of amides is 2. The summed E-state index contributed by atoms with van der Waals surface area (Å²) in [6.07, 6.45) is 5.63. The third-order valence-corrected chi connectivity index (χ3v) is 5.21. The Morgan fingerprint density at radius 1 is 1.00 bits per heavy atom. The summed E-state index contributed by atoms with van der Waals surface area (Å²) < 4.78 is 0. The van der Waals surface area contributed by atoms with Crippen LogP contribution in [-0.2, 0) is 4.79 Å². The fraction of sp³-hybridized carbons (Fsp3) is 0.381. The number of piperidine rings is 1. The van der Waals surface area contributed by atoms with Gasteiger partial charge in [-0.15, -0.1) is 0 Å². The maximum Gasteiger partial charge on any atom is 0.253 e. The highest BCUT2D eigenvalue weighted by Crippen LogP contribution is 2.30. The number of rotatable bonds is 4. The average Bonchev–Trinajstić information content (AvgIpc) is 3.54. The number of hydrogen-bond acceptors (Lipinski definition) is 3. The van der Waals surface area contributed by atoms with Gasteiger partial charge in [0.25, 0.3) is 5.91 Å². The molecule has 0 atom stereocenters. The zero-order valence-corrected chi connectivity index (χ0v) is 14.7. The molecule has 4 rings (SSSR count). The molecule has 0 radical (unpaired) electrons. The summed E-state index contributed by atoms with van der Waals surface area (Å²) in [4.78, 5) is 31.1. The molecular formula is C21H23N3O2. The molecule has 5 nitrogen and oxygen atoms in total. The summed E-state index contributed by atoms with van der Waals surface area (Å²) in [6, 6.07) is 13.3. The van der Waals surface area contributed by atoms with Gasteiger partial charge in [-0.1, -0.05) is 12.1 Å². The lowest BCUT2D eigenvalue weighted by atomic mass is 9.92. The van der Waals surface area contributed by atoms with Gasteiger partial charge in [0.1, 0.15) is 0 Å². The molecule has 2 heterocycles. The number of aromatic nitrogens is 1. The van der Waals surface area contributed by atoms with Crippen molar-refractivity contribution in [3.8, 4) is 0 Å². The van der Waals surface area contributed by atoms with Crippen molar-refractivity contribution in [2.24, 2.45) is 5.92 Å². The molecule has 0 unspecified atom stereocenters. The highest BCUT2D eigenvalue weighted by Gasteiger charge is 2.30. The second kappa shape index (κ2) is 7.28. The lowest BCUT2D eigenvalue weighted by Crippen LogP contribution is -2.38. The van der Waals surface area contributed by atoms with Crippen molar-refractivity contribution < 1.29 is 9.59 Å². The van der Waals surface area contributed by atoms with Crippen molar-refractivity contribution >= 4 is 17.5 Å². The average molecular weight is 349 g/mol. The van der Waals surface area contributed by atoms with Crippen molar-refractivity contribution in [2.45, 2.75) is 31.6 Å². The molecule has 2 aliphatic rings. The van der Waals surface area contributed by atoms with E-state index in [1.807, 2.05) is 41.4 Å². The van der Waals surface area contributed by atoms with Crippen LogP contribution in [0.3, 0.4) is 0 Å². The summed E-state index contributed by atoms with van der Waals surface area (Å²) in [6.45, 7) is 1.47. The van der Waals surface area contributed by atoms with Crippen molar-refractivity contribution in [2.75, 3.05) is 18.4 Å². The molecule has 1 saturated carbocycles. The SMILES string of the molecule is O=C(Nc1cccc(C(=O)N2CCC(c3ccccn3)CC2)c1)C1CC1. The largest absolute Gasteiger partial charge is 0.339 e. The van der Waals surface area contributed by atoms with Gasteiger partial charge in [0.05, 0.1) is 0 Å². The van der Waals surface area contributed by atoms with E-state index in [1.165, 1.54) is 0 Å². The highest BCUT2D eigenvalue weighted by atomic mass is 16.2. The molecule has 26 heavy (non-hydrogen) atoms. The zero-order valence-electron chi connectivity index (χ0n) is 14.7. The van der Waals surface area contributed by atoms with Gasteiger partial charge < -0.3 is 10.2 Å². The third-order valence-electron chi connectivity index (χ3n) is 5.21. The van der Waals surface area contributed by atoms with Crippen LogP contribution in [0.1, 0.15) is 47.7 Å². The number of carbonyl (C=O) groups is 2. The Kier molecular flexibility index (Phi) is 4.69. The molecule has 1 saturated heterocycles. The van der Waals surface area contributed by atoms with Gasteiger partial charge in [0, 0.05) is 48.1 Å². The van der Waals surface area contributed by atoms with E-state index in [4.69, 9.17) is 0 Å². The van der Waals surface area contributed by atoms with Crippen LogP contribution in [0.15, 0.2) is 48.7 Å². The first-order valence-corrected chi connectivity index (χ1v) is 9.32. The predicted octanol–water partition coefficient (Wildman–Crippen LogP) is 3.45. The van der Waals surface area contributed by atoms with Crippen LogP contribution in [0, 0.1) is 5.92 Å². The molecule has 1 N–H and O–H groups in total. The van der Waals surface area contributed by atoms with E-state index >= 15 is 0 Å². The smallest absolute Gasteiger partial charge is 0.253 e. The van der Waals surface area contributed by atoms with Crippen molar-refractivity contribution in [1.82, 2.24) is 9.88 Å². The number of nitrogens with zero attached hydrogens (tertiary/aromatic N) is 2. The Morgan fingerprint density at radius 3 is 2.50 bits per heavy atom. The summed E-state index contributed by atoms with van der Waals surface area (Å²) in [5.41, 5.74) is 2.45. The molecule has 2 aromatic rings. The molecule has 1 aliphatic carbocycles. The van der Waals surface area contributed by atoms with Gasteiger partial charge in [-0.25, -0.2) is 0 Å². The van der Waals surface area contributed by atoms with Crippen LogP contribution in [0.5, 0.6) is 0 Å². The third kappa shape index (κ3) is 3.77. The van der Waals surface area contributed by atoms with Gasteiger partial charge in [-0.3, -0.25) is 14.6 Å². The Hall–Kier alpha value is -2.69. The van der Waals surface area contributed by atoms with Crippen LogP contribution in [0.4, 0.5) is 5.69 Å². The number of likely N-dealkylation sites (tertiary alicyclic amines) is 1. The molecule has 1 aliphatic heterocycles. The molecule has 2 fully saturated rings. The molecule has 0 bridgehead atoms. The van der Waals surface area contributed by atoms with Crippen LogP contribution in [0.25, 0.3) is 0 Å². The fourth-order valence-electron chi connectivity index (χ4n) is 3.50. The molecule has 1 aromatic carbocycles. The van der Waals surface area contributed by atoms with E-state index in [0.29, 0.717) is 17.2 Å². The topological polar surface area (TPSA) is 62.3 Å². The maximum absolute atomic E-state index is 12.8. The van der Waals surface area contributed by atoms with E-state index in [1.54, 1.807) is 6.07 Å². The first-order chi connectivity index (χ1) is 12.7. The minimum atomic E-state index is 0.0343. The van der Waals surface area contributed by atoms with Gasteiger partial charge in [0.15, 0.2) is 0 Å². The number of nitrogens with one attached hydrogen (secondary N) is 1. The van der Waals surface area contributed by atoms with Crippen LogP contribution >= 0.6 is 0 Å². The number of hydrogen-bond donors (Lipinski definition) is 1. The van der Waals surface area contributed by atoms with Gasteiger partial charge in [-0.2, -0.15) is 0 Å². The van der Waals surface area contributed by atoms with Gasteiger partial charge >= 0.3 is 0 Å². The molecule has 5 heteroatoms. The quantitative estimate of drug-likeness (QED) is 0.919. The molecular weight excluding hydrogens is 326 g/mol. The van der Waals surface area contributed by atoms with Crippen LogP contribution in [-0.4, -0.2) is 34.8 Å². The maximum atomic E-state index is 12.8. The number of pyridine rings is 1. The number of benzene rings is 1. The Labute approximate surface area is 153 Å². The Bertz CT molecular complexity index is 794. The lowest BCUT2D eigenvalue weighted by molar-refractivity contribution is -0.117. The number of anilines is 1. The van der Waals surface area contributed by atoms with Gasteiger partial charge in [-0.05, 0) is 56.0 Å². The normalized spacial score (nSPS) is 17.8. The second-order valence-corrected chi connectivity index (χ2v) is 7.17. The minimum Gasteiger partial charge on any atom is -0.339 e. The first kappa shape index (κ1) is 16.8. The summed E-state index contributed by atoms with van der Waals surface area (Å²) >= 11 is 0.